The van der Waals surface area contributed by atoms with Gasteiger partial charge >= 0.3 is 0 Å². The molecular weight excluding hydrogens is 419 g/mol. The molecule has 4 rings (SSSR count). The summed E-state index contributed by atoms with van der Waals surface area (Å²) < 4.78 is 14.2. The van der Waals surface area contributed by atoms with Crippen LogP contribution in [-0.2, 0) is 11.3 Å². The Kier molecular flexibility index (Phi) is 5.76. The van der Waals surface area contributed by atoms with Crippen molar-refractivity contribution in [2.75, 3.05) is 4.90 Å². The van der Waals surface area contributed by atoms with Crippen LogP contribution in [0.1, 0.15) is 11.1 Å². The maximum Gasteiger partial charge on any atom is 0.270 e. The van der Waals surface area contributed by atoms with E-state index < -0.39 is 4.92 Å². The maximum atomic E-state index is 13.6. The SMILES string of the molecule is O=C(/C=C/c1cccc([N+](=O)[O-])c1)N(Cc1ccncc1)c1nc2ccc(F)cc2s1. The normalized spacial score (nSPS) is 11.1. The van der Waals surface area contributed by atoms with Crippen LogP contribution in [-0.4, -0.2) is 20.8 Å². The Balaban J connectivity index is 1.66. The second kappa shape index (κ2) is 8.80. The highest BCUT2D eigenvalue weighted by molar-refractivity contribution is 7.22. The van der Waals surface area contributed by atoms with Gasteiger partial charge in [-0.1, -0.05) is 23.5 Å². The average Bonchev–Trinajstić information content (AvgIpc) is 3.19. The minimum absolute atomic E-state index is 0.0589. The van der Waals surface area contributed by atoms with Gasteiger partial charge in [-0.3, -0.25) is 24.8 Å². The van der Waals surface area contributed by atoms with Gasteiger partial charge in [-0.05, 0) is 47.5 Å². The number of benzene rings is 2. The molecule has 0 aliphatic heterocycles. The molecule has 0 N–H and O–H groups in total. The minimum atomic E-state index is -0.491. The van der Waals surface area contributed by atoms with Crippen molar-refractivity contribution in [2.45, 2.75) is 6.54 Å². The molecule has 7 nitrogen and oxygen atoms in total. The van der Waals surface area contributed by atoms with E-state index in [0.29, 0.717) is 20.9 Å². The molecule has 0 radical (unpaired) electrons. The molecule has 9 heteroatoms. The van der Waals surface area contributed by atoms with Crippen LogP contribution in [0.2, 0.25) is 0 Å². The number of nitro benzene ring substituents is 1. The lowest BCUT2D eigenvalue weighted by Crippen LogP contribution is -2.28. The first-order valence-electron chi connectivity index (χ1n) is 9.18. The summed E-state index contributed by atoms with van der Waals surface area (Å²) in [7, 11) is 0. The summed E-state index contributed by atoms with van der Waals surface area (Å²) in [6.45, 7) is 0.239. The topological polar surface area (TPSA) is 89.2 Å². The highest BCUT2D eigenvalue weighted by Gasteiger charge is 2.19. The van der Waals surface area contributed by atoms with Crippen molar-refractivity contribution in [3.05, 3.63) is 100 Å². The van der Waals surface area contributed by atoms with Crippen molar-refractivity contribution in [2.24, 2.45) is 0 Å². The number of fused-ring (bicyclic) bond motifs is 1. The summed E-state index contributed by atoms with van der Waals surface area (Å²) in [5, 5.41) is 11.4. The van der Waals surface area contributed by atoms with Crippen molar-refractivity contribution >= 4 is 44.4 Å². The zero-order valence-electron chi connectivity index (χ0n) is 16.0. The van der Waals surface area contributed by atoms with Crippen LogP contribution in [0.4, 0.5) is 15.2 Å². The number of carbonyl (C=O) groups excluding carboxylic acids is 1. The van der Waals surface area contributed by atoms with Gasteiger partial charge in [-0.2, -0.15) is 0 Å². The smallest absolute Gasteiger partial charge is 0.270 e. The van der Waals surface area contributed by atoms with Crippen LogP contribution >= 0.6 is 11.3 Å². The average molecular weight is 434 g/mol. The zero-order valence-corrected chi connectivity index (χ0v) is 16.8. The molecule has 4 aromatic rings. The summed E-state index contributed by atoms with van der Waals surface area (Å²) in [6, 6.07) is 13.8. The van der Waals surface area contributed by atoms with Crippen molar-refractivity contribution in [1.29, 1.82) is 0 Å². The van der Waals surface area contributed by atoms with Gasteiger partial charge in [-0.15, -0.1) is 0 Å². The molecule has 0 fully saturated rings. The number of hydrogen-bond donors (Lipinski definition) is 0. The van der Waals surface area contributed by atoms with Crippen LogP contribution in [0.3, 0.4) is 0 Å². The molecule has 0 aliphatic rings. The first-order chi connectivity index (χ1) is 15.0. The molecular formula is C22H15FN4O3S. The molecule has 1 amide bonds. The largest absolute Gasteiger partial charge is 0.280 e. The fraction of sp³-hybridized carbons (Fsp3) is 0.0455. The maximum absolute atomic E-state index is 13.6. The van der Waals surface area contributed by atoms with E-state index in [1.165, 1.54) is 52.7 Å². The second-order valence-electron chi connectivity index (χ2n) is 6.57. The number of anilines is 1. The van der Waals surface area contributed by atoms with Gasteiger partial charge in [0.25, 0.3) is 11.6 Å². The van der Waals surface area contributed by atoms with Crippen LogP contribution in [0.25, 0.3) is 16.3 Å². The molecule has 2 heterocycles. The Labute approximate surface area is 180 Å². The number of aromatic nitrogens is 2. The minimum Gasteiger partial charge on any atom is -0.280 e. The Morgan fingerprint density at radius 1 is 1.16 bits per heavy atom. The van der Waals surface area contributed by atoms with Gasteiger partial charge in [0.2, 0.25) is 0 Å². The standard InChI is InChI=1S/C22H15FN4O3S/c23-17-5-6-19-20(13-17)31-22(25-19)26(14-16-8-10-24-11-9-16)21(28)7-4-15-2-1-3-18(12-15)27(29)30/h1-13H,14H2/b7-4+. The molecule has 0 spiro atoms. The molecule has 31 heavy (non-hydrogen) atoms. The number of carbonyl (C=O) groups is 1. The Bertz CT molecular complexity index is 1290. The number of non-ortho nitro benzene ring substituents is 1. The zero-order chi connectivity index (χ0) is 21.8. The van der Waals surface area contributed by atoms with Crippen molar-refractivity contribution in [3.63, 3.8) is 0 Å². The highest BCUT2D eigenvalue weighted by atomic mass is 32.1. The van der Waals surface area contributed by atoms with E-state index in [1.807, 2.05) is 0 Å². The van der Waals surface area contributed by atoms with E-state index in [0.717, 1.165) is 5.56 Å². The van der Waals surface area contributed by atoms with E-state index in [-0.39, 0.29) is 24.0 Å². The summed E-state index contributed by atoms with van der Waals surface area (Å²) in [5.74, 6) is -0.733. The lowest BCUT2D eigenvalue weighted by Gasteiger charge is -2.18. The van der Waals surface area contributed by atoms with Crippen LogP contribution in [0.5, 0.6) is 0 Å². The van der Waals surface area contributed by atoms with Gasteiger partial charge in [0.15, 0.2) is 5.13 Å². The number of thiazole rings is 1. The number of amides is 1. The number of nitrogens with zero attached hydrogens (tertiary/aromatic N) is 4. The van der Waals surface area contributed by atoms with Gasteiger partial charge in [0, 0.05) is 30.6 Å². The lowest BCUT2D eigenvalue weighted by atomic mass is 10.2. The highest BCUT2D eigenvalue weighted by Crippen LogP contribution is 2.30. The van der Waals surface area contributed by atoms with Gasteiger partial charge in [-0.25, -0.2) is 9.37 Å². The first kappa shape index (κ1) is 20.3. The monoisotopic (exact) mass is 434 g/mol. The molecule has 0 saturated carbocycles. The van der Waals surface area contributed by atoms with E-state index in [4.69, 9.17) is 0 Å². The first-order valence-corrected chi connectivity index (χ1v) is 10.0. The summed E-state index contributed by atoms with van der Waals surface area (Å²) in [6.07, 6.45) is 6.12. The third kappa shape index (κ3) is 4.78. The molecule has 0 atom stereocenters. The fourth-order valence-corrected chi connectivity index (χ4v) is 3.91. The van der Waals surface area contributed by atoms with Crippen LogP contribution in [0, 0.1) is 15.9 Å². The predicted octanol–water partition coefficient (Wildman–Crippen LogP) is 4.99. The van der Waals surface area contributed by atoms with E-state index in [9.17, 15) is 19.3 Å². The Morgan fingerprint density at radius 3 is 2.74 bits per heavy atom. The summed E-state index contributed by atoms with van der Waals surface area (Å²) in [4.78, 5) is 33.5. The van der Waals surface area contributed by atoms with Gasteiger partial charge in [0.05, 0.1) is 21.7 Å². The fourth-order valence-electron chi connectivity index (χ4n) is 2.91. The van der Waals surface area contributed by atoms with Crippen molar-refractivity contribution < 1.29 is 14.1 Å². The molecule has 0 aliphatic carbocycles. The number of rotatable bonds is 6. The Hall–Kier alpha value is -3.98. The second-order valence-corrected chi connectivity index (χ2v) is 7.58. The summed E-state index contributed by atoms with van der Waals surface area (Å²) >= 11 is 1.21. The molecule has 0 bridgehead atoms. The van der Waals surface area contributed by atoms with E-state index >= 15 is 0 Å². The number of halogens is 1. The quantitative estimate of drug-likeness (QED) is 0.242. The molecule has 154 valence electrons. The van der Waals surface area contributed by atoms with E-state index in [1.54, 1.807) is 42.7 Å². The van der Waals surface area contributed by atoms with Crippen LogP contribution < -0.4 is 4.90 Å². The predicted molar refractivity (Wildman–Crippen MR) is 117 cm³/mol. The van der Waals surface area contributed by atoms with Gasteiger partial charge < -0.3 is 0 Å². The number of pyridine rings is 1. The third-order valence-electron chi connectivity index (χ3n) is 4.43. The molecule has 2 aromatic carbocycles. The van der Waals surface area contributed by atoms with Crippen molar-refractivity contribution in [3.8, 4) is 0 Å². The molecule has 0 unspecified atom stereocenters. The summed E-state index contributed by atoms with van der Waals surface area (Å²) in [5.41, 5.74) is 1.91. The number of hydrogen-bond acceptors (Lipinski definition) is 6. The molecule has 2 aromatic heterocycles. The number of nitro groups is 1. The van der Waals surface area contributed by atoms with Crippen molar-refractivity contribution in [1.82, 2.24) is 9.97 Å². The third-order valence-corrected chi connectivity index (χ3v) is 5.47. The van der Waals surface area contributed by atoms with Crippen LogP contribution in [0.15, 0.2) is 73.1 Å². The molecule has 0 saturated heterocycles. The van der Waals surface area contributed by atoms with Gasteiger partial charge in [0.1, 0.15) is 5.82 Å². The Morgan fingerprint density at radius 2 is 1.97 bits per heavy atom. The lowest BCUT2D eigenvalue weighted by molar-refractivity contribution is -0.384. The van der Waals surface area contributed by atoms with E-state index in [2.05, 4.69) is 9.97 Å².